The van der Waals surface area contributed by atoms with Gasteiger partial charge in [0.05, 0.1) is 40.3 Å². The number of ether oxygens (including phenoxy) is 4. The average molecular weight is 465 g/mol. The summed E-state index contributed by atoms with van der Waals surface area (Å²) in [6, 6.07) is 8.71. The van der Waals surface area contributed by atoms with Crippen LogP contribution in [0.1, 0.15) is 6.92 Å². The first kappa shape index (κ1) is 22.9. The van der Waals surface area contributed by atoms with Gasteiger partial charge >= 0.3 is 7.60 Å². The van der Waals surface area contributed by atoms with Crippen LogP contribution in [0.25, 0.3) is 22.4 Å². The van der Waals surface area contributed by atoms with Crippen LogP contribution in [0.15, 0.2) is 35.7 Å². The normalized spacial score (nSPS) is 12.7. The fourth-order valence-electron chi connectivity index (χ4n) is 3.00. The summed E-state index contributed by atoms with van der Waals surface area (Å²) in [7, 11) is 2.34. The number of nitrogens with zero attached hydrogens (tertiary/aromatic N) is 1. The summed E-state index contributed by atoms with van der Waals surface area (Å²) in [4.78, 5) is 10.1. The lowest BCUT2D eigenvalue weighted by molar-refractivity contribution is 0.324. The molecule has 0 saturated heterocycles. The Hall–Kier alpha value is -2.74. The van der Waals surface area contributed by atoms with Crippen molar-refractivity contribution in [2.24, 2.45) is 0 Å². The van der Waals surface area contributed by atoms with Crippen LogP contribution in [0.2, 0.25) is 0 Å². The maximum atomic E-state index is 12.3. The number of aromatic nitrogens is 1. The highest BCUT2D eigenvalue weighted by atomic mass is 32.1. The van der Waals surface area contributed by atoms with E-state index in [4.69, 9.17) is 23.5 Å². The van der Waals surface area contributed by atoms with Gasteiger partial charge in [-0.05, 0) is 35.8 Å². The molecule has 0 spiro atoms. The highest BCUT2D eigenvalue weighted by Gasteiger charge is 2.24. The van der Waals surface area contributed by atoms with Gasteiger partial charge in [0.2, 0.25) is 5.75 Å². The molecule has 3 rings (SSSR count). The Morgan fingerprint density at radius 1 is 0.935 bits per heavy atom. The van der Waals surface area contributed by atoms with Crippen molar-refractivity contribution in [1.29, 1.82) is 0 Å². The summed E-state index contributed by atoms with van der Waals surface area (Å²) in [5, 5.41) is 1.85. The van der Waals surface area contributed by atoms with E-state index >= 15 is 0 Å². The molecule has 0 radical (unpaired) electrons. The van der Waals surface area contributed by atoms with E-state index in [0.29, 0.717) is 34.3 Å². The summed E-state index contributed by atoms with van der Waals surface area (Å²) in [5.74, 6) is 2.21. The van der Waals surface area contributed by atoms with Gasteiger partial charge in [0.1, 0.15) is 11.5 Å². The number of methoxy groups -OCH3 is 4. The van der Waals surface area contributed by atoms with E-state index in [0.717, 1.165) is 11.1 Å². The SMILES string of the molecule is CCP(=O)(O)Oc1cc(OC)ccc1-c1csnc1-c1cc(OC)c(OC)c(OC)c1. The molecular weight excluding hydrogens is 441 g/mol. The second kappa shape index (κ2) is 9.60. The lowest BCUT2D eigenvalue weighted by Gasteiger charge is -2.17. The molecule has 2 aromatic carbocycles. The van der Waals surface area contributed by atoms with Crippen molar-refractivity contribution in [3.8, 4) is 51.1 Å². The molecule has 3 aromatic rings. The van der Waals surface area contributed by atoms with E-state index in [1.165, 1.54) is 25.8 Å². The van der Waals surface area contributed by atoms with Gasteiger partial charge in [0.15, 0.2) is 11.5 Å². The molecule has 0 amide bonds. The molecule has 1 N–H and O–H groups in total. The first-order valence-corrected chi connectivity index (χ1v) is 11.9. The molecule has 0 fully saturated rings. The van der Waals surface area contributed by atoms with Crippen LogP contribution in [0.4, 0.5) is 0 Å². The quantitative estimate of drug-likeness (QED) is 0.436. The topological polar surface area (TPSA) is 96.3 Å². The molecule has 8 nitrogen and oxygen atoms in total. The van der Waals surface area contributed by atoms with Gasteiger partial charge in [-0.1, -0.05) is 6.92 Å². The Bertz CT molecular complexity index is 1090. The third-order valence-electron chi connectivity index (χ3n) is 4.63. The standard InChI is InChI=1S/C21H24NO7PS/c1-6-30(23,24)29-17-11-14(25-2)7-8-15(17)16-12-31-22-20(16)13-9-18(26-3)21(28-5)19(10-13)27-4/h7-12H,6H2,1-5H3,(H,23,24). The Balaban J connectivity index is 2.18. The van der Waals surface area contributed by atoms with Gasteiger partial charge in [-0.2, -0.15) is 4.37 Å². The zero-order valence-electron chi connectivity index (χ0n) is 17.9. The van der Waals surface area contributed by atoms with Crippen molar-refractivity contribution >= 4 is 19.1 Å². The summed E-state index contributed by atoms with van der Waals surface area (Å²) >= 11 is 1.25. The maximum Gasteiger partial charge on any atom is 0.376 e. The van der Waals surface area contributed by atoms with E-state index in [1.54, 1.807) is 51.5 Å². The number of hydrogen-bond acceptors (Lipinski definition) is 8. The van der Waals surface area contributed by atoms with Gasteiger partial charge in [0.25, 0.3) is 0 Å². The van der Waals surface area contributed by atoms with E-state index in [9.17, 15) is 9.46 Å². The van der Waals surface area contributed by atoms with Gasteiger partial charge < -0.3 is 28.4 Å². The first-order chi connectivity index (χ1) is 14.9. The van der Waals surface area contributed by atoms with Gasteiger partial charge in [-0.15, -0.1) is 0 Å². The van der Waals surface area contributed by atoms with E-state index < -0.39 is 7.60 Å². The summed E-state index contributed by atoms with van der Waals surface area (Å²) in [6.07, 6.45) is -0.0225. The summed E-state index contributed by atoms with van der Waals surface area (Å²) in [6.45, 7) is 1.59. The number of rotatable bonds is 9. The second-order valence-corrected chi connectivity index (χ2v) is 9.12. The number of hydrogen-bond donors (Lipinski definition) is 1. The van der Waals surface area contributed by atoms with Crippen LogP contribution in [-0.4, -0.2) is 43.9 Å². The molecule has 0 aliphatic rings. The minimum absolute atomic E-state index is 0.0225. The smallest absolute Gasteiger partial charge is 0.376 e. The van der Waals surface area contributed by atoms with Crippen LogP contribution in [0, 0.1) is 0 Å². The van der Waals surface area contributed by atoms with Crippen LogP contribution in [0.3, 0.4) is 0 Å². The predicted molar refractivity (Wildman–Crippen MR) is 120 cm³/mol. The monoisotopic (exact) mass is 465 g/mol. The van der Waals surface area contributed by atoms with Gasteiger partial charge in [-0.3, -0.25) is 0 Å². The average Bonchev–Trinajstić information content (AvgIpc) is 3.27. The van der Waals surface area contributed by atoms with Crippen LogP contribution >= 0.6 is 19.1 Å². The predicted octanol–water partition coefficient (Wildman–Crippen LogP) is 5.10. The molecule has 0 aliphatic heterocycles. The molecule has 1 atom stereocenters. The molecule has 10 heteroatoms. The lowest BCUT2D eigenvalue weighted by atomic mass is 10.0. The largest absolute Gasteiger partial charge is 0.497 e. The zero-order chi connectivity index (χ0) is 22.6. The lowest BCUT2D eigenvalue weighted by Crippen LogP contribution is -1.98. The molecule has 31 heavy (non-hydrogen) atoms. The first-order valence-electron chi connectivity index (χ1n) is 9.32. The Kier molecular flexibility index (Phi) is 7.10. The van der Waals surface area contributed by atoms with E-state index in [-0.39, 0.29) is 11.9 Å². The van der Waals surface area contributed by atoms with Gasteiger partial charge in [0, 0.05) is 28.1 Å². The van der Waals surface area contributed by atoms with Crippen LogP contribution in [-0.2, 0) is 4.57 Å². The third-order valence-corrected chi connectivity index (χ3v) is 6.54. The minimum Gasteiger partial charge on any atom is -0.497 e. The highest BCUT2D eigenvalue weighted by Crippen LogP contribution is 2.49. The molecule has 166 valence electrons. The molecule has 0 aliphatic carbocycles. The molecule has 0 saturated carbocycles. The maximum absolute atomic E-state index is 12.3. The van der Waals surface area contributed by atoms with Crippen LogP contribution in [0.5, 0.6) is 28.7 Å². The Morgan fingerprint density at radius 3 is 2.16 bits per heavy atom. The number of benzene rings is 2. The Labute approximate surface area is 185 Å². The van der Waals surface area contributed by atoms with Crippen molar-refractivity contribution < 1.29 is 32.9 Å². The summed E-state index contributed by atoms with van der Waals surface area (Å²) in [5.41, 5.74) is 2.72. The van der Waals surface area contributed by atoms with Crippen molar-refractivity contribution in [3.05, 3.63) is 35.7 Å². The molecule has 1 heterocycles. The Morgan fingerprint density at radius 2 is 1.61 bits per heavy atom. The molecule has 0 bridgehead atoms. The van der Waals surface area contributed by atoms with Crippen molar-refractivity contribution in [2.45, 2.75) is 6.92 Å². The van der Waals surface area contributed by atoms with E-state index in [1.807, 2.05) is 5.38 Å². The zero-order valence-corrected chi connectivity index (χ0v) is 19.6. The molecule has 1 aromatic heterocycles. The van der Waals surface area contributed by atoms with Crippen molar-refractivity contribution in [2.75, 3.05) is 34.6 Å². The second-order valence-electron chi connectivity index (χ2n) is 6.40. The minimum atomic E-state index is -3.81. The van der Waals surface area contributed by atoms with Crippen LogP contribution < -0.4 is 23.5 Å². The fraction of sp³-hybridized carbons (Fsp3) is 0.286. The van der Waals surface area contributed by atoms with Crippen molar-refractivity contribution in [3.63, 3.8) is 0 Å². The molecule has 1 unspecified atom stereocenters. The van der Waals surface area contributed by atoms with Gasteiger partial charge in [-0.25, -0.2) is 4.57 Å². The molecular formula is C21H24NO7PS. The van der Waals surface area contributed by atoms with E-state index in [2.05, 4.69) is 4.37 Å². The summed E-state index contributed by atoms with van der Waals surface area (Å²) < 4.78 is 43.9. The third kappa shape index (κ3) is 4.79. The highest BCUT2D eigenvalue weighted by molar-refractivity contribution is 7.53. The fourth-order valence-corrected chi connectivity index (χ4v) is 4.29. The van der Waals surface area contributed by atoms with Crippen molar-refractivity contribution in [1.82, 2.24) is 4.37 Å².